The molecule has 8 heteroatoms. The maximum atomic E-state index is 14.7. The predicted octanol–water partition coefficient (Wildman–Crippen LogP) is 6.04. The number of benzene rings is 3. The Kier molecular flexibility index (Phi) is 9.68. The van der Waals surface area contributed by atoms with Crippen LogP contribution in [0.15, 0.2) is 66.7 Å². The van der Waals surface area contributed by atoms with Crippen LogP contribution in [0.25, 0.3) is 0 Å². The number of aryl methyl sites for hydroxylation is 2. The number of carbonyl (C=O) groups is 3. The van der Waals surface area contributed by atoms with Gasteiger partial charge in [0.15, 0.2) is 0 Å². The zero-order chi connectivity index (χ0) is 32.2. The molecular weight excluding hydrogens is 554 g/mol. The maximum absolute atomic E-state index is 14.7. The van der Waals surface area contributed by atoms with Gasteiger partial charge >= 0.3 is 6.09 Å². The summed E-state index contributed by atoms with van der Waals surface area (Å²) >= 11 is 0. The van der Waals surface area contributed by atoms with Crippen LogP contribution in [0.4, 0.5) is 10.5 Å². The molecule has 1 aliphatic carbocycles. The molecule has 0 saturated heterocycles. The van der Waals surface area contributed by atoms with Crippen molar-refractivity contribution in [1.82, 2.24) is 10.2 Å². The average Bonchev–Trinajstić information content (AvgIpc) is 3.68. The van der Waals surface area contributed by atoms with Gasteiger partial charge in [-0.25, -0.2) is 4.79 Å². The second kappa shape index (κ2) is 13.3. The number of alkyl carbamates (subject to hydrolysis) is 1. The molecule has 0 aromatic heterocycles. The van der Waals surface area contributed by atoms with Gasteiger partial charge in [-0.3, -0.25) is 9.59 Å². The third kappa shape index (κ3) is 7.99. The monoisotopic (exact) mass is 595 g/mol. The lowest BCUT2D eigenvalue weighted by Gasteiger charge is -2.35. The van der Waals surface area contributed by atoms with E-state index in [4.69, 9.17) is 11.2 Å². The summed E-state index contributed by atoms with van der Waals surface area (Å²) in [5, 5.41) is 15.7. The third-order valence-electron chi connectivity index (χ3n) is 7.69. The highest BCUT2D eigenvalue weighted by atomic mass is 16.6. The van der Waals surface area contributed by atoms with E-state index < -0.39 is 29.7 Å². The molecule has 0 radical (unpaired) electrons. The summed E-state index contributed by atoms with van der Waals surface area (Å²) in [5.41, 5.74) is 3.66. The van der Waals surface area contributed by atoms with Crippen LogP contribution in [0.1, 0.15) is 68.0 Å². The Bertz CT molecular complexity index is 1530. The van der Waals surface area contributed by atoms with Gasteiger partial charge in [0.1, 0.15) is 23.4 Å². The first-order valence-corrected chi connectivity index (χ1v) is 14.8. The molecule has 1 aliphatic rings. The minimum Gasteiger partial charge on any atom is -0.508 e. The summed E-state index contributed by atoms with van der Waals surface area (Å²) in [6, 6.07) is 17.0. The highest BCUT2D eigenvalue weighted by Gasteiger charge is 2.48. The van der Waals surface area contributed by atoms with E-state index in [1.807, 2.05) is 39.0 Å². The average molecular weight is 596 g/mol. The lowest BCUT2D eigenvalue weighted by atomic mass is 9.98. The largest absolute Gasteiger partial charge is 0.508 e. The Morgan fingerprint density at radius 1 is 1.02 bits per heavy atom. The number of para-hydroxylation sites is 1. The molecule has 3 aromatic rings. The fourth-order valence-corrected chi connectivity index (χ4v) is 5.27. The quantitative estimate of drug-likeness (QED) is 0.261. The highest BCUT2D eigenvalue weighted by molar-refractivity contribution is 6.00. The number of phenolic OH excluding ortho intramolecular Hbond substituents is 1. The van der Waals surface area contributed by atoms with Crippen LogP contribution in [0.3, 0.4) is 0 Å². The minimum absolute atomic E-state index is 0.0869. The smallest absolute Gasteiger partial charge is 0.408 e. The zero-order valence-corrected chi connectivity index (χ0v) is 26.2. The van der Waals surface area contributed by atoms with E-state index in [2.05, 4.69) is 16.6 Å². The second-order valence-corrected chi connectivity index (χ2v) is 12.5. The number of nitrogens with one attached hydrogen (secondary N) is 2. The van der Waals surface area contributed by atoms with E-state index in [1.54, 1.807) is 62.1 Å². The number of phenols is 1. The number of nitrogens with zero attached hydrogens (tertiary/aromatic N) is 1. The van der Waals surface area contributed by atoms with E-state index in [9.17, 15) is 19.5 Å². The van der Waals surface area contributed by atoms with E-state index >= 15 is 0 Å². The van der Waals surface area contributed by atoms with Crippen LogP contribution < -0.4 is 10.6 Å². The van der Waals surface area contributed by atoms with Crippen molar-refractivity contribution in [3.05, 3.63) is 94.5 Å². The van der Waals surface area contributed by atoms with Gasteiger partial charge in [0.05, 0.1) is 0 Å². The Morgan fingerprint density at radius 3 is 2.14 bits per heavy atom. The molecule has 230 valence electrons. The first-order valence-electron chi connectivity index (χ1n) is 14.8. The van der Waals surface area contributed by atoms with Crippen LogP contribution in [0.5, 0.6) is 5.75 Å². The molecular formula is C36H41N3O5. The second-order valence-electron chi connectivity index (χ2n) is 12.5. The minimum atomic E-state index is -1.05. The number of rotatable bonds is 9. The number of ether oxygens (including phenoxy) is 1. The van der Waals surface area contributed by atoms with Gasteiger partial charge in [-0.05, 0) is 93.5 Å². The SMILES string of the molecule is C#Cc1ccc(C(C(=O)Nc2c(C)cccc2C)N(C(=O)C(Cc2ccc(O)cc2)NC(=O)OC(C)(C)C)C2CC2C)cc1. The molecule has 4 rings (SSSR count). The van der Waals surface area contributed by atoms with Crippen molar-refractivity contribution in [3.8, 4) is 18.1 Å². The van der Waals surface area contributed by atoms with Crippen molar-refractivity contribution in [2.45, 2.75) is 78.1 Å². The molecule has 1 saturated carbocycles. The van der Waals surface area contributed by atoms with Crippen molar-refractivity contribution in [1.29, 1.82) is 0 Å². The van der Waals surface area contributed by atoms with E-state index in [-0.39, 0.29) is 30.0 Å². The molecule has 4 unspecified atom stereocenters. The molecule has 3 N–H and O–H groups in total. The first kappa shape index (κ1) is 32.2. The van der Waals surface area contributed by atoms with Gasteiger partial charge in [0.2, 0.25) is 5.91 Å². The molecule has 0 bridgehead atoms. The molecule has 3 amide bonds. The van der Waals surface area contributed by atoms with Crippen molar-refractivity contribution in [2.75, 3.05) is 5.32 Å². The van der Waals surface area contributed by atoms with Crippen molar-refractivity contribution in [2.24, 2.45) is 5.92 Å². The Labute approximate surface area is 259 Å². The van der Waals surface area contributed by atoms with Crippen LogP contribution in [0.2, 0.25) is 0 Å². The van der Waals surface area contributed by atoms with Crippen LogP contribution in [-0.4, -0.2) is 45.6 Å². The lowest BCUT2D eigenvalue weighted by molar-refractivity contribution is -0.141. The molecule has 44 heavy (non-hydrogen) atoms. The van der Waals surface area contributed by atoms with Gasteiger partial charge in [-0.15, -0.1) is 6.42 Å². The van der Waals surface area contributed by atoms with E-state index in [1.165, 1.54) is 12.1 Å². The Balaban J connectivity index is 1.78. The summed E-state index contributed by atoms with van der Waals surface area (Å²) in [6.45, 7) is 11.1. The Hall–Kier alpha value is -4.77. The molecule has 4 atom stereocenters. The molecule has 8 nitrogen and oxygen atoms in total. The van der Waals surface area contributed by atoms with Crippen molar-refractivity contribution in [3.63, 3.8) is 0 Å². The van der Waals surface area contributed by atoms with Crippen LogP contribution in [-0.2, 0) is 20.7 Å². The van der Waals surface area contributed by atoms with Crippen molar-refractivity contribution >= 4 is 23.6 Å². The van der Waals surface area contributed by atoms with Crippen LogP contribution >= 0.6 is 0 Å². The zero-order valence-electron chi connectivity index (χ0n) is 26.2. The summed E-state index contributed by atoms with van der Waals surface area (Å²) in [6.07, 6.45) is 5.69. The number of aromatic hydroxyl groups is 1. The fraction of sp³-hybridized carbons (Fsp3) is 0.361. The Morgan fingerprint density at radius 2 is 1.61 bits per heavy atom. The summed E-state index contributed by atoms with van der Waals surface area (Å²) in [4.78, 5) is 43.6. The number of terminal acetylenes is 1. The number of amides is 3. The number of hydrogen-bond donors (Lipinski definition) is 3. The van der Waals surface area contributed by atoms with Gasteiger partial charge < -0.3 is 25.4 Å². The predicted molar refractivity (Wildman–Crippen MR) is 171 cm³/mol. The summed E-state index contributed by atoms with van der Waals surface area (Å²) < 4.78 is 5.52. The fourth-order valence-electron chi connectivity index (χ4n) is 5.27. The molecule has 1 fully saturated rings. The normalized spacial score (nSPS) is 17.0. The lowest BCUT2D eigenvalue weighted by Crippen LogP contribution is -2.54. The highest BCUT2D eigenvalue weighted by Crippen LogP contribution is 2.41. The van der Waals surface area contributed by atoms with Crippen LogP contribution in [0, 0.1) is 32.1 Å². The number of hydrogen-bond acceptors (Lipinski definition) is 5. The third-order valence-corrected chi connectivity index (χ3v) is 7.69. The topological polar surface area (TPSA) is 108 Å². The number of anilines is 1. The molecule has 0 spiro atoms. The standard InChI is InChI=1S/C36H41N3O5/c1-8-25-12-16-27(17-13-25)32(33(41)38-31-22(2)10-9-11-23(31)3)39(30-20-24(30)4)34(42)29(37-35(43)44-36(5,6)7)21-26-14-18-28(40)19-15-26/h1,9-19,24,29-30,32,40H,20-21H2,2-7H3,(H,37,43)(H,38,41). The summed E-state index contributed by atoms with van der Waals surface area (Å²) in [5.74, 6) is 2.05. The molecule has 3 aromatic carbocycles. The van der Waals surface area contributed by atoms with Gasteiger partial charge in [-0.1, -0.05) is 55.3 Å². The van der Waals surface area contributed by atoms with Gasteiger partial charge in [0.25, 0.3) is 5.91 Å². The first-order chi connectivity index (χ1) is 20.8. The van der Waals surface area contributed by atoms with Gasteiger partial charge in [0, 0.05) is 23.7 Å². The molecule has 0 aliphatic heterocycles. The maximum Gasteiger partial charge on any atom is 0.408 e. The summed E-state index contributed by atoms with van der Waals surface area (Å²) in [7, 11) is 0. The van der Waals surface area contributed by atoms with Crippen molar-refractivity contribution < 1.29 is 24.2 Å². The van der Waals surface area contributed by atoms with Gasteiger partial charge in [-0.2, -0.15) is 0 Å². The number of carbonyl (C=O) groups excluding carboxylic acids is 3. The van der Waals surface area contributed by atoms with E-state index in [0.717, 1.165) is 16.7 Å². The molecule has 0 heterocycles. The van der Waals surface area contributed by atoms with E-state index in [0.29, 0.717) is 23.2 Å².